The van der Waals surface area contributed by atoms with E-state index in [9.17, 15) is 18.0 Å². The number of halogens is 1. The van der Waals surface area contributed by atoms with E-state index < -0.39 is 28.3 Å². The fraction of sp³-hybridized carbons (Fsp3) is 0.125. The summed E-state index contributed by atoms with van der Waals surface area (Å²) in [5.74, 6) is -1.16. The monoisotopic (exact) mass is 459 g/mol. The van der Waals surface area contributed by atoms with Crippen molar-refractivity contribution in [3.8, 4) is 0 Å². The Balaban J connectivity index is 1.90. The Kier molecular flexibility index (Phi) is 5.94. The molecule has 0 heterocycles. The molecule has 0 unspecified atom stereocenters. The molecule has 0 atom stereocenters. The van der Waals surface area contributed by atoms with Crippen LogP contribution in [-0.2, 0) is 19.4 Å². The minimum absolute atomic E-state index is 0.107. The Bertz CT molecular complexity index is 845. The maximum atomic E-state index is 11.9. The van der Waals surface area contributed by atoms with Crippen LogP contribution in [0.2, 0.25) is 0 Å². The lowest BCUT2D eigenvalue weighted by Crippen LogP contribution is -2.20. The van der Waals surface area contributed by atoms with E-state index in [1.165, 1.54) is 24.3 Å². The molecule has 0 aromatic heterocycles. The third-order valence-corrected chi connectivity index (χ3v) is 4.83. The summed E-state index contributed by atoms with van der Waals surface area (Å²) in [5.41, 5.74) is 0.776. The van der Waals surface area contributed by atoms with Gasteiger partial charge in [-0.3, -0.25) is 4.79 Å². The van der Waals surface area contributed by atoms with Crippen LogP contribution in [0, 0.1) is 3.57 Å². The van der Waals surface area contributed by atoms with Crippen LogP contribution in [-0.4, -0.2) is 33.2 Å². The van der Waals surface area contributed by atoms with Crippen LogP contribution in [0.25, 0.3) is 0 Å². The Morgan fingerprint density at radius 1 is 1.04 bits per heavy atom. The molecule has 0 fully saturated rings. The molecule has 1 N–H and O–H groups in total. The van der Waals surface area contributed by atoms with Gasteiger partial charge in [-0.05, 0) is 71.1 Å². The van der Waals surface area contributed by atoms with E-state index in [2.05, 4.69) is 27.9 Å². The number of esters is 1. The number of anilines is 1. The van der Waals surface area contributed by atoms with Crippen LogP contribution < -0.4 is 5.32 Å². The van der Waals surface area contributed by atoms with Crippen molar-refractivity contribution >= 4 is 50.0 Å². The third-order valence-electron chi connectivity index (χ3n) is 2.98. The van der Waals surface area contributed by atoms with Gasteiger partial charge in [0.2, 0.25) is 0 Å². The molecule has 126 valence electrons. The van der Waals surface area contributed by atoms with Gasteiger partial charge < -0.3 is 10.1 Å². The first kappa shape index (κ1) is 18.4. The molecule has 1 amide bonds. The minimum Gasteiger partial charge on any atom is -0.452 e. The zero-order chi connectivity index (χ0) is 17.7. The minimum atomic E-state index is -3.33. The van der Waals surface area contributed by atoms with E-state index in [4.69, 9.17) is 4.74 Å². The second-order valence-corrected chi connectivity index (χ2v) is 8.19. The zero-order valence-electron chi connectivity index (χ0n) is 12.7. The SMILES string of the molecule is CS(=O)(=O)c1ccc(C(=O)OCC(=O)Nc2ccc(I)cc2)cc1. The fourth-order valence-electron chi connectivity index (χ4n) is 1.78. The van der Waals surface area contributed by atoms with Crippen LogP contribution in [0.15, 0.2) is 53.4 Å². The molecule has 6 nitrogen and oxygen atoms in total. The number of benzene rings is 2. The molecule has 0 aliphatic heterocycles. The second-order valence-electron chi connectivity index (χ2n) is 4.93. The fourth-order valence-corrected chi connectivity index (χ4v) is 2.77. The average Bonchev–Trinajstić information content (AvgIpc) is 2.54. The van der Waals surface area contributed by atoms with Gasteiger partial charge in [-0.2, -0.15) is 0 Å². The Morgan fingerprint density at radius 2 is 1.62 bits per heavy atom. The Labute approximate surface area is 153 Å². The van der Waals surface area contributed by atoms with E-state index in [1.807, 2.05) is 12.1 Å². The van der Waals surface area contributed by atoms with Crippen molar-refractivity contribution in [2.45, 2.75) is 4.90 Å². The summed E-state index contributed by atoms with van der Waals surface area (Å²) < 4.78 is 28.7. The van der Waals surface area contributed by atoms with Gasteiger partial charge in [0.15, 0.2) is 16.4 Å². The number of hydrogen-bond acceptors (Lipinski definition) is 5. The number of nitrogens with one attached hydrogen (secondary N) is 1. The summed E-state index contributed by atoms with van der Waals surface area (Å²) >= 11 is 2.15. The van der Waals surface area contributed by atoms with E-state index in [0.29, 0.717) is 5.69 Å². The average molecular weight is 459 g/mol. The molecular weight excluding hydrogens is 445 g/mol. The van der Waals surface area contributed by atoms with Crippen LogP contribution >= 0.6 is 22.6 Å². The van der Waals surface area contributed by atoms with Crippen LogP contribution in [0.3, 0.4) is 0 Å². The first-order valence-corrected chi connectivity index (χ1v) is 9.75. The first-order valence-electron chi connectivity index (χ1n) is 6.78. The molecular formula is C16H14INO5S. The predicted molar refractivity (Wildman–Crippen MR) is 97.6 cm³/mol. The van der Waals surface area contributed by atoms with Crippen molar-refractivity contribution in [1.29, 1.82) is 0 Å². The highest BCUT2D eigenvalue weighted by atomic mass is 127. The topological polar surface area (TPSA) is 89.5 Å². The number of amides is 1. The largest absolute Gasteiger partial charge is 0.452 e. The molecule has 0 bridgehead atoms. The number of ether oxygens (including phenoxy) is 1. The smallest absolute Gasteiger partial charge is 0.338 e. The first-order chi connectivity index (χ1) is 11.3. The molecule has 24 heavy (non-hydrogen) atoms. The molecule has 0 aliphatic carbocycles. The molecule has 0 spiro atoms. The molecule has 2 aromatic rings. The van der Waals surface area contributed by atoms with Gasteiger partial charge >= 0.3 is 5.97 Å². The predicted octanol–water partition coefficient (Wildman–Crippen LogP) is 2.49. The van der Waals surface area contributed by atoms with Crippen molar-refractivity contribution in [2.75, 3.05) is 18.2 Å². The van der Waals surface area contributed by atoms with Gasteiger partial charge in [0, 0.05) is 15.5 Å². The number of hydrogen-bond donors (Lipinski definition) is 1. The van der Waals surface area contributed by atoms with Crippen molar-refractivity contribution in [1.82, 2.24) is 0 Å². The highest BCUT2D eigenvalue weighted by Crippen LogP contribution is 2.12. The Hall–Kier alpha value is -1.94. The van der Waals surface area contributed by atoms with Crippen LogP contribution in [0.1, 0.15) is 10.4 Å². The van der Waals surface area contributed by atoms with Gasteiger partial charge in [0.05, 0.1) is 10.5 Å². The number of rotatable bonds is 5. The Morgan fingerprint density at radius 3 is 2.17 bits per heavy atom. The molecule has 0 aliphatic rings. The van der Waals surface area contributed by atoms with E-state index >= 15 is 0 Å². The summed E-state index contributed by atoms with van der Waals surface area (Å²) in [7, 11) is -3.33. The summed E-state index contributed by atoms with van der Waals surface area (Å²) in [6.07, 6.45) is 1.08. The second kappa shape index (κ2) is 7.75. The van der Waals surface area contributed by atoms with Crippen LogP contribution in [0.5, 0.6) is 0 Å². The maximum Gasteiger partial charge on any atom is 0.338 e. The molecule has 0 radical (unpaired) electrons. The lowest BCUT2D eigenvalue weighted by Gasteiger charge is -2.07. The highest BCUT2D eigenvalue weighted by molar-refractivity contribution is 14.1. The van der Waals surface area contributed by atoms with Crippen molar-refractivity contribution in [2.24, 2.45) is 0 Å². The van der Waals surface area contributed by atoms with Gasteiger partial charge in [-0.25, -0.2) is 13.2 Å². The van der Waals surface area contributed by atoms with Crippen LogP contribution in [0.4, 0.5) is 5.69 Å². The number of sulfone groups is 1. The van der Waals surface area contributed by atoms with Crippen molar-refractivity contribution in [3.63, 3.8) is 0 Å². The quantitative estimate of drug-likeness (QED) is 0.549. The summed E-state index contributed by atoms with van der Waals surface area (Å²) in [6, 6.07) is 12.5. The molecule has 2 aromatic carbocycles. The summed E-state index contributed by atoms with van der Waals surface area (Å²) in [4.78, 5) is 23.7. The maximum absolute atomic E-state index is 11.9. The van der Waals surface area contributed by atoms with Gasteiger partial charge in [0.25, 0.3) is 5.91 Å². The number of carbonyl (C=O) groups excluding carboxylic acids is 2. The normalized spacial score (nSPS) is 10.9. The highest BCUT2D eigenvalue weighted by Gasteiger charge is 2.12. The van der Waals surface area contributed by atoms with Crippen molar-refractivity contribution in [3.05, 3.63) is 57.7 Å². The molecule has 0 saturated carbocycles. The zero-order valence-corrected chi connectivity index (χ0v) is 15.6. The standard InChI is InChI=1S/C16H14INO5S/c1-24(21,22)14-8-2-11(3-9-14)16(20)23-10-15(19)18-13-6-4-12(17)5-7-13/h2-9H,10H2,1H3,(H,18,19). The van der Waals surface area contributed by atoms with E-state index in [-0.39, 0.29) is 10.5 Å². The summed E-state index contributed by atoms with van der Waals surface area (Å²) in [5, 5.41) is 2.61. The molecule has 8 heteroatoms. The molecule has 2 rings (SSSR count). The lowest BCUT2D eigenvalue weighted by atomic mass is 10.2. The summed E-state index contributed by atoms with van der Waals surface area (Å²) in [6.45, 7) is -0.432. The number of carbonyl (C=O) groups is 2. The van der Waals surface area contributed by atoms with Gasteiger partial charge in [-0.15, -0.1) is 0 Å². The van der Waals surface area contributed by atoms with Crippen molar-refractivity contribution < 1.29 is 22.7 Å². The van der Waals surface area contributed by atoms with Gasteiger partial charge in [0.1, 0.15) is 0 Å². The van der Waals surface area contributed by atoms with E-state index in [1.54, 1.807) is 12.1 Å². The van der Waals surface area contributed by atoms with E-state index in [0.717, 1.165) is 9.83 Å². The lowest BCUT2D eigenvalue weighted by molar-refractivity contribution is -0.119. The molecule has 0 saturated heterocycles. The van der Waals surface area contributed by atoms with Gasteiger partial charge in [-0.1, -0.05) is 0 Å². The third kappa shape index (κ3) is 5.31.